The van der Waals surface area contributed by atoms with E-state index in [1.165, 1.54) is 28.4 Å². The van der Waals surface area contributed by atoms with Crippen molar-refractivity contribution in [3.05, 3.63) is 108 Å². The topological polar surface area (TPSA) is 168 Å². The maximum atomic E-state index is 14.6. The van der Waals surface area contributed by atoms with Gasteiger partial charge in [0.15, 0.2) is 0 Å². The van der Waals surface area contributed by atoms with Gasteiger partial charge in [-0.05, 0) is 29.3 Å². The Morgan fingerprint density at radius 1 is 1.06 bits per heavy atom. The third-order valence-electron chi connectivity index (χ3n) is 8.59. The van der Waals surface area contributed by atoms with Gasteiger partial charge in [0.25, 0.3) is 0 Å². The molecule has 4 aromatic rings. The molecule has 242 valence electrons. The van der Waals surface area contributed by atoms with Crippen LogP contribution in [0.5, 0.6) is 5.75 Å². The normalized spacial score (nSPS) is 19.0. The van der Waals surface area contributed by atoms with Crippen molar-refractivity contribution in [2.24, 2.45) is 5.73 Å². The van der Waals surface area contributed by atoms with E-state index in [0.717, 1.165) is 11.1 Å². The number of amides is 5. The number of hydrogen-bond donors (Lipinski definition) is 4. The molecular formula is C34H36N8O5. The summed E-state index contributed by atoms with van der Waals surface area (Å²) in [6.45, 7) is 4.02. The number of hydrogen-bond acceptors (Lipinski definition) is 7. The number of aromatic hydroxyl groups is 1. The van der Waals surface area contributed by atoms with Gasteiger partial charge < -0.3 is 30.9 Å². The number of nitrogens with zero attached hydrogens (tertiary/aromatic N) is 5. The number of nitrogens with two attached hydrogens (primary N) is 1. The first kappa shape index (κ1) is 31.3. The standard InChI is InChI=1S/C34H36N8O5/c1-2-15-39-20-31(45)41-28(16-22-11-13-24(43)14-12-22)33(46)40(19-30(41)42(39)34(47)36-18-23-7-4-3-5-8-23)27(17-29(35)44)25-9-6-10-26-32(25)38-21-37-26/h2-14,21,27-28,30,43H,1,15-20H2,(H2,35,44)(H,36,47)(H,37,38). The van der Waals surface area contributed by atoms with E-state index in [9.17, 15) is 24.3 Å². The van der Waals surface area contributed by atoms with Gasteiger partial charge in [-0.2, -0.15) is 0 Å². The summed E-state index contributed by atoms with van der Waals surface area (Å²) in [5, 5.41) is 15.9. The van der Waals surface area contributed by atoms with E-state index in [0.29, 0.717) is 16.6 Å². The van der Waals surface area contributed by atoms with Gasteiger partial charge in [0, 0.05) is 25.1 Å². The van der Waals surface area contributed by atoms with Crippen molar-refractivity contribution < 1.29 is 24.3 Å². The maximum Gasteiger partial charge on any atom is 0.334 e. The molecule has 1 aromatic heterocycles. The highest BCUT2D eigenvalue weighted by atomic mass is 16.3. The van der Waals surface area contributed by atoms with Crippen LogP contribution in [0, 0.1) is 0 Å². The summed E-state index contributed by atoms with van der Waals surface area (Å²) in [6.07, 6.45) is 2.11. The van der Waals surface area contributed by atoms with Crippen LogP contribution < -0.4 is 11.1 Å². The number of nitrogens with one attached hydrogen (secondary N) is 2. The molecule has 3 atom stereocenters. The quantitative estimate of drug-likeness (QED) is 0.194. The Kier molecular flexibility index (Phi) is 8.89. The van der Waals surface area contributed by atoms with Gasteiger partial charge in [-0.1, -0.05) is 60.7 Å². The van der Waals surface area contributed by atoms with E-state index in [4.69, 9.17) is 5.73 Å². The van der Waals surface area contributed by atoms with E-state index < -0.39 is 36.1 Å². The van der Waals surface area contributed by atoms with Crippen molar-refractivity contribution in [2.75, 3.05) is 19.6 Å². The molecule has 5 amide bonds. The van der Waals surface area contributed by atoms with Gasteiger partial charge in [0.2, 0.25) is 17.7 Å². The summed E-state index contributed by atoms with van der Waals surface area (Å²) in [5.41, 5.74) is 9.27. The number of benzene rings is 3. The largest absolute Gasteiger partial charge is 0.508 e. The third-order valence-corrected chi connectivity index (χ3v) is 8.59. The molecule has 6 rings (SSSR count). The summed E-state index contributed by atoms with van der Waals surface area (Å²) in [4.78, 5) is 65.7. The summed E-state index contributed by atoms with van der Waals surface area (Å²) < 4.78 is 0. The number of H-pyrrole nitrogens is 1. The van der Waals surface area contributed by atoms with E-state index in [1.54, 1.807) is 40.3 Å². The monoisotopic (exact) mass is 636 g/mol. The molecule has 2 fully saturated rings. The second-order valence-corrected chi connectivity index (χ2v) is 11.6. The van der Waals surface area contributed by atoms with Crippen LogP contribution in [-0.4, -0.2) is 90.5 Å². The number of imidazole rings is 1. The molecule has 3 heterocycles. The van der Waals surface area contributed by atoms with Gasteiger partial charge in [-0.15, -0.1) is 6.58 Å². The van der Waals surface area contributed by atoms with Gasteiger partial charge >= 0.3 is 6.03 Å². The number of para-hydroxylation sites is 1. The van der Waals surface area contributed by atoms with Crippen LogP contribution in [0.15, 0.2) is 91.8 Å². The number of urea groups is 1. The lowest BCUT2D eigenvalue weighted by Gasteiger charge is -2.56. The van der Waals surface area contributed by atoms with Crippen molar-refractivity contribution in [1.29, 1.82) is 0 Å². The highest BCUT2D eigenvalue weighted by molar-refractivity contribution is 5.93. The number of phenols is 1. The highest BCUT2D eigenvalue weighted by Crippen LogP contribution is 2.36. The number of aromatic amines is 1. The predicted molar refractivity (Wildman–Crippen MR) is 173 cm³/mol. The van der Waals surface area contributed by atoms with Crippen molar-refractivity contribution in [1.82, 2.24) is 35.1 Å². The number of aromatic nitrogens is 2. The molecule has 5 N–H and O–H groups in total. The first-order chi connectivity index (χ1) is 22.7. The first-order valence-corrected chi connectivity index (χ1v) is 15.3. The number of primary amides is 1. The number of carbonyl (C=O) groups excluding carboxylic acids is 4. The Labute approximate surface area is 271 Å². The molecular weight excluding hydrogens is 600 g/mol. The van der Waals surface area contributed by atoms with Crippen LogP contribution in [0.25, 0.3) is 11.0 Å². The Hall–Kier alpha value is -5.69. The Balaban J connectivity index is 1.44. The second-order valence-electron chi connectivity index (χ2n) is 11.6. The molecule has 0 aliphatic carbocycles. The van der Waals surface area contributed by atoms with Gasteiger partial charge in [-0.3, -0.25) is 14.4 Å². The molecule has 3 aromatic carbocycles. The number of piperazine rings is 1. The summed E-state index contributed by atoms with van der Waals surface area (Å²) in [6, 6.07) is 18.9. The Bertz CT molecular complexity index is 1790. The summed E-state index contributed by atoms with van der Waals surface area (Å²) in [5.74, 6) is -1.30. The average Bonchev–Trinajstić information content (AvgIpc) is 3.55. The summed E-state index contributed by atoms with van der Waals surface area (Å²) >= 11 is 0. The number of rotatable bonds is 10. The fourth-order valence-electron chi connectivity index (χ4n) is 6.49. The lowest BCUT2D eigenvalue weighted by Crippen LogP contribution is -2.76. The van der Waals surface area contributed by atoms with Crippen molar-refractivity contribution in [3.8, 4) is 5.75 Å². The molecule has 2 aliphatic rings. The zero-order chi connectivity index (χ0) is 33.1. The Morgan fingerprint density at radius 2 is 1.83 bits per heavy atom. The second kappa shape index (κ2) is 13.3. The minimum absolute atomic E-state index is 0.0622. The predicted octanol–water partition coefficient (Wildman–Crippen LogP) is 2.42. The van der Waals surface area contributed by atoms with Crippen LogP contribution in [0.3, 0.4) is 0 Å². The minimum atomic E-state index is -1.03. The van der Waals surface area contributed by atoms with Crippen LogP contribution >= 0.6 is 0 Å². The molecule has 2 saturated heterocycles. The SMILES string of the molecule is C=CCN1CC(=O)N2C(Cc3ccc(O)cc3)C(=O)N(C(CC(N)=O)c3cccc4[nH]cnc34)CC2N1C(=O)NCc1ccccc1. The number of fused-ring (bicyclic) bond motifs is 2. The van der Waals surface area contributed by atoms with Crippen molar-refractivity contribution in [3.63, 3.8) is 0 Å². The van der Waals surface area contributed by atoms with E-state index in [2.05, 4.69) is 21.9 Å². The Morgan fingerprint density at radius 3 is 2.55 bits per heavy atom. The molecule has 0 bridgehead atoms. The highest BCUT2D eigenvalue weighted by Gasteiger charge is 2.52. The average molecular weight is 637 g/mol. The molecule has 47 heavy (non-hydrogen) atoms. The van der Waals surface area contributed by atoms with E-state index >= 15 is 0 Å². The molecule has 2 aliphatic heterocycles. The molecule has 13 nitrogen and oxygen atoms in total. The fraction of sp³-hybridized carbons (Fsp3) is 0.265. The number of hydrazine groups is 1. The van der Waals surface area contributed by atoms with Crippen LogP contribution in [0.2, 0.25) is 0 Å². The van der Waals surface area contributed by atoms with Crippen molar-refractivity contribution in [2.45, 2.75) is 37.6 Å². The fourth-order valence-corrected chi connectivity index (χ4v) is 6.49. The van der Waals surface area contributed by atoms with Crippen LogP contribution in [0.4, 0.5) is 4.79 Å². The summed E-state index contributed by atoms with van der Waals surface area (Å²) in [7, 11) is 0. The minimum Gasteiger partial charge on any atom is -0.508 e. The lowest BCUT2D eigenvalue weighted by molar-refractivity contribution is -0.191. The smallest absolute Gasteiger partial charge is 0.334 e. The van der Waals surface area contributed by atoms with Gasteiger partial charge in [0.1, 0.15) is 18.0 Å². The van der Waals surface area contributed by atoms with Crippen LogP contribution in [0.1, 0.15) is 29.2 Å². The molecule has 0 saturated carbocycles. The zero-order valence-corrected chi connectivity index (χ0v) is 25.7. The maximum absolute atomic E-state index is 14.6. The molecule has 0 radical (unpaired) electrons. The van der Waals surface area contributed by atoms with Crippen LogP contribution in [-0.2, 0) is 27.3 Å². The van der Waals surface area contributed by atoms with E-state index in [1.807, 2.05) is 36.4 Å². The molecule has 3 unspecified atom stereocenters. The molecule has 0 spiro atoms. The third kappa shape index (κ3) is 6.38. The number of carbonyl (C=O) groups is 4. The van der Waals surface area contributed by atoms with Crippen molar-refractivity contribution >= 4 is 34.8 Å². The number of phenolic OH excluding ortho intramolecular Hbond substituents is 1. The first-order valence-electron chi connectivity index (χ1n) is 15.3. The molecule has 13 heteroatoms. The van der Waals surface area contributed by atoms with Gasteiger partial charge in [0.05, 0.1) is 42.9 Å². The van der Waals surface area contributed by atoms with E-state index in [-0.39, 0.29) is 50.7 Å². The zero-order valence-electron chi connectivity index (χ0n) is 25.7. The lowest BCUT2D eigenvalue weighted by atomic mass is 9.94. The van der Waals surface area contributed by atoms with Gasteiger partial charge in [-0.25, -0.2) is 19.8 Å².